The number of hydrogen-bond acceptors (Lipinski definition) is 9. The van der Waals surface area contributed by atoms with Gasteiger partial charge in [-0.2, -0.15) is 33.3 Å². The largest absolute Gasteiger partial charge is 0.480 e. The zero-order chi connectivity index (χ0) is 31.2. The third kappa shape index (κ3) is 5.91. The summed E-state index contributed by atoms with van der Waals surface area (Å²) in [6.45, 7) is 3.42. The van der Waals surface area contributed by atoms with Crippen LogP contribution in [0.2, 0.25) is 0 Å². The Kier molecular flexibility index (Phi) is 7.43. The molecule has 2 fully saturated rings. The van der Waals surface area contributed by atoms with Crippen molar-refractivity contribution >= 4 is 17.7 Å². The van der Waals surface area contributed by atoms with Crippen LogP contribution in [-0.4, -0.2) is 72.5 Å². The molecule has 2 saturated heterocycles. The van der Waals surface area contributed by atoms with Crippen LogP contribution >= 0.6 is 0 Å². The van der Waals surface area contributed by atoms with Crippen molar-refractivity contribution in [1.29, 1.82) is 0 Å². The lowest BCUT2D eigenvalue weighted by Gasteiger charge is -2.39. The van der Waals surface area contributed by atoms with E-state index in [2.05, 4.69) is 25.5 Å². The van der Waals surface area contributed by atoms with Crippen molar-refractivity contribution < 1.29 is 27.8 Å². The van der Waals surface area contributed by atoms with Crippen molar-refractivity contribution in [2.45, 2.75) is 44.5 Å². The number of nitrogens with two attached hydrogens (primary N) is 1. The molecule has 12 nitrogen and oxygen atoms in total. The van der Waals surface area contributed by atoms with Crippen LogP contribution in [0.1, 0.15) is 36.6 Å². The summed E-state index contributed by atoms with van der Waals surface area (Å²) in [6.07, 6.45) is -0.290. The molecule has 2 aliphatic heterocycles. The highest BCUT2D eigenvalue weighted by Crippen LogP contribution is 2.42. The fraction of sp³-hybridized carbons (Fsp3) is 0.414. The first-order chi connectivity index (χ1) is 20.9. The van der Waals surface area contributed by atoms with Crippen LogP contribution in [0.4, 0.5) is 24.9 Å². The van der Waals surface area contributed by atoms with E-state index in [0.717, 1.165) is 5.56 Å². The van der Waals surface area contributed by atoms with Gasteiger partial charge in [-0.3, -0.25) is 9.48 Å². The summed E-state index contributed by atoms with van der Waals surface area (Å²) in [5.41, 5.74) is 7.87. The second kappa shape index (κ2) is 11.1. The molecule has 6 rings (SSSR count). The van der Waals surface area contributed by atoms with E-state index in [1.165, 1.54) is 16.8 Å². The van der Waals surface area contributed by atoms with Gasteiger partial charge >= 0.3 is 12.1 Å². The van der Waals surface area contributed by atoms with Crippen molar-refractivity contribution in [3.8, 4) is 22.7 Å². The molecule has 0 aliphatic carbocycles. The van der Waals surface area contributed by atoms with Gasteiger partial charge in [0.2, 0.25) is 17.9 Å². The van der Waals surface area contributed by atoms with E-state index in [-0.39, 0.29) is 28.5 Å². The number of aliphatic carboxylic acids is 1. The summed E-state index contributed by atoms with van der Waals surface area (Å²) < 4.78 is 52.8. The molecule has 232 valence electrons. The summed E-state index contributed by atoms with van der Waals surface area (Å²) in [6, 6.07) is 7.07. The summed E-state index contributed by atoms with van der Waals surface area (Å²) in [5, 5.41) is 21.0. The monoisotopic (exact) mass is 611 g/mol. The van der Waals surface area contributed by atoms with E-state index < -0.39 is 24.3 Å². The minimum atomic E-state index is -4.82. The molecule has 2 aliphatic rings. The molecule has 0 unspecified atom stereocenters. The van der Waals surface area contributed by atoms with Crippen LogP contribution in [0, 0.1) is 12.3 Å². The zero-order valence-corrected chi connectivity index (χ0v) is 24.1. The molecule has 4 aromatic rings. The maximum absolute atomic E-state index is 14.7. The summed E-state index contributed by atoms with van der Waals surface area (Å²) in [5.74, 6) is -1.06. The Balaban J connectivity index is 1.30. The molecule has 0 saturated carbocycles. The van der Waals surface area contributed by atoms with Crippen molar-refractivity contribution in [3.63, 3.8) is 0 Å². The first-order valence-corrected chi connectivity index (χ1v) is 14.1. The highest BCUT2D eigenvalue weighted by atomic mass is 19.4. The Labute approximate surface area is 250 Å². The number of hydrogen-bond donors (Lipinski definition) is 3. The smallest absolute Gasteiger partial charge is 0.429 e. The van der Waals surface area contributed by atoms with Crippen LogP contribution in [0.25, 0.3) is 16.8 Å². The number of benzene rings is 1. The lowest BCUT2D eigenvalue weighted by atomic mass is 9.76. The second-order valence-corrected chi connectivity index (χ2v) is 11.5. The molecular formula is C29H32F3N9O3. The molecule has 1 spiro atoms. The summed E-state index contributed by atoms with van der Waals surface area (Å²) >= 11 is 0. The predicted octanol–water partition coefficient (Wildman–Crippen LogP) is 3.67. The van der Waals surface area contributed by atoms with E-state index in [9.17, 15) is 23.1 Å². The van der Waals surface area contributed by atoms with Gasteiger partial charge in [0.15, 0.2) is 0 Å². The first kappa shape index (κ1) is 29.4. The maximum atomic E-state index is 14.7. The molecule has 44 heavy (non-hydrogen) atoms. The number of nitrogen functional groups attached to an aromatic ring is 1. The number of nitrogens with zero attached hydrogens (tertiary/aromatic N) is 7. The lowest BCUT2D eigenvalue weighted by molar-refractivity contribution is -0.198. The number of alkyl halides is 3. The SMILES string of the molecule is Cc1ccn(-c2cc(-c3cnn(C)c3)ccc2[C@@H](Oc2cc(N3CCC4(CC3)CN[C@H](C(=O)O)C4)nc(N)n2)C(F)(F)F)n1. The van der Waals surface area contributed by atoms with Crippen molar-refractivity contribution in [2.24, 2.45) is 12.5 Å². The van der Waals surface area contributed by atoms with Gasteiger partial charge in [-0.15, -0.1) is 0 Å². The molecular weight excluding hydrogens is 579 g/mol. The number of piperidine rings is 1. The minimum absolute atomic E-state index is 0.151. The van der Waals surface area contributed by atoms with E-state index >= 15 is 0 Å². The van der Waals surface area contributed by atoms with Gasteiger partial charge in [0.1, 0.15) is 11.9 Å². The minimum Gasteiger partial charge on any atom is -0.480 e. The number of carboxylic acid groups (broad SMARTS) is 1. The van der Waals surface area contributed by atoms with Crippen LogP contribution in [0.15, 0.2) is 48.9 Å². The number of halogens is 3. The number of aromatic nitrogens is 6. The molecule has 0 amide bonds. The molecule has 0 radical (unpaired) electrons. The van der Waals surface area contributed by atoms with Crippen molar-refractivity contribution in [1.82, 2.24) is 34.8 Å². The highest BCUT2D eigenvalue weighted by molar-refractivity contribution is 5.74. The first-order valence-electron chi connectivity index (χ1n) is 14.1. The second-order valence-electron chi connectivity index (χ2n) is 11.5. The number of rotatable bonds is 7. The lowest BCUT2D eigenvalue weighted by Crippen LogP contribution is -2.41. The molecule has 4 N–H and O–H groups in total. The topological polar surface area (TPSA) is 149 Å². The number of nitrogens with one attached hydrogen (secondary N) is 1. The number of carboxylic acids is 1. The number of aryl methyl sites for hydroxylation is 2. The average molecular weight is 612 g/mol. The normalized spacial score (nSPS) is 18.9. The van der Waals surface area contributed by atoms with Crippen LogP contribution in [-0.2, 0) is 11.8 Å². The number of anilines is 2. The molecule has 2 atom stereocenters. The standard InChI is InChI=1S/C29H32F3N9O3/c1-17-5-8-41(38-17)22-11-18(19-14-35-39(2)15-19)3-4-20(22)25(29(30,31)32)44-24-12-23(36-27(33)37-24)40-9-6-28(7-10-40)13-21(26(42)43)34-16-28/h3-5,8,11-12,14-15,21,25,34H,6-7,9-10,13,16H2,1-2H3,(H,42,43)(H2,33,36,37)/t21-,25+/m0/s1. The fourth-order valence-corrected chi connectivity index (χ4v) is 6.03. The van der Waals surface area contributed by atoms with Gasteiger partial charge in [0, 0.05) is 56.3 Å². The number of ether oxygens (including phenoxy) is 1. The Morgan fingerprint density at radius 1 is 1.18 bits per heavy atom. The van der Waals surface area contributed by atoms with E-state index in [0.29, 0.717) is 56.0 Å². The Bertz CT molecular complexity index is 1680. The van der Waals surface area contributed by atoms with Gasteiger partial charge in [-0.25, -0.2) is 4.68 Å². The highest BCUT2D eigenvalue weighted by Gasteiger charge is 2.46. The van der Waals surface area contributed by atoms with Gasteiger partial charge in [-0.05, 0) is 49.3 Å². The Morgan fingerprint density at radius 2 is 1.95 bits per heavy atom. The third-order valence-electron chi connectivity index (χ3n) is 8.37. The Morgan fingerprint density at radius 3 is 2.57 bits per heavy atom. The molecule has 3 aromatic heterocycles. The molecule has 0 bridgehead atoms. The Hall–Kier alpha value is -4.66. The molecule has 5 heterocycles. The van der Waals surface area contributed by atoms with E-state index in [4.69, 9.17) is 10.5 Å². The van der Waals surface area contributed by atoms with Crippen molar-refractivity contribution in [3.05, 3.63) is 60.2 Å². The van der Waals surface area contributed by atoms with Crippen LogP contribution < -0.4 is 20.7 Å². The fourth-order valence-electron chi connectivity index (χ4n) is 6.03. The average Bonchev–Trinajstić information content (AvgIpc) is 3.71. The van der Waals surface area contributed by atoms with Crippen LogP contribution in [0.3, 0.4) is 0 Å². The van der Waals surface area contributed by atoms with Gasteiger partial charge in [-0.1, -0.05) is 12.1 Å². The molecule has 15 heteroatoms. The quantitative estimate of drug-likeness (QED) is 0.283. The van der Waals surface area contributed by atoms with E-state index in [1.807, 2.05) is 4.90 Å². The van der Waals surface area contributed by atoms with Gasteiger partial charge < -0.3 is 25.8 Å². The third-order valence-corrected chi connectivity index (χ3v) is 8.37. The van der Waals surface area contributed by atoms with Crippen LogP contribution in [0.5, 0.6) is 5.88 Å². The predicted molar refractivity (Wildman–Crippen MR) is 154 cm³/mol. The number of carbonyl (C=O) groups is 1. The molecule has 1 aromatic carbocycles. The summed E-state index contributed by atoms with van der Waals surface area (Å²) in [4.78, 5) is 21.6. The van der Waals surface area contributed by atoms with Gasteiger partial charge in [0.05, 0.1) is 17.6 Å². The summed E-state index contributed by atoms with van der Waals surface area (Å²) in [7, 11) is 1.76. The van der Waals surface area contributed by atoms with Crippen molar-refractivity contribution in [2.75, 3.05) is 30.3 Å². The van der Waals surface area contributed by atoms with E-state index in [1.54, 1.807) is 55.4 Å². The zero-order valence-electron chi connectivity index (χ0n) is 24.1. The maximum Gasteiger partial charge on any atom is 0.429 e. The van der Waals surface area contributed by atoms with Gasteiger partial charge in [0.25, 0.3) is 0 Å².